The quantitative estimate of drug-likeness (QED) is 0.733. The molecule has 6 heteroatoms. The summed E-state index contributed by atoms with van der Waals surface area (Å²) in [5.41, 5.74) is 5.49. The molecule has 2 amide bonds. The van der Waals surface area contributed by atoms with E-state index in [-0.39, 0.29) is 12.1 Å². The molecule has 0 aromatic heterocycles. The maximum Gasteiger partial charge on any atom is 0.320 e. The fourth-order valence-corrected chi connectivity index (χ4v) is 1.71. The molecule has 2 N–H and O–H groups in total. The minimum absolute atomic E-state index is 0.00824. The van der Waals surface area contributed by atoms with Crippen molar-refractivity contribution >= 4 is 23.2 Å². The van der Waals surface area contributed by atoms with Crippen LogP contribution in [0.5, 0.6) is 0 Å². The van der Waals surface area contributed by atoms with Gasteiger partial charge in [-0.05, 0) is 13.8 Å². The molecule has 0 atom stereocenters. The lowest BCUT2D eigenvalue weighted by atomic mass is 10.3. The molecule has 92 valence electrons. The van der Waals surface area contributed by atoms with Gasteiger partial charge in [-0.3, -0.25) is 0 Å². The molecule has 5 nitrogen and oxygen atoms in total. The first-order valence-corrected chi connectivity index (χ1v) is 5.84. The molecular formula is C10H19N3O2S. The van der Waals surface area contributed by atoms with E-state index in [0.717, 1.165) is 0 Å². The Labute approximate surface area is 102 Å². The van der Waals surface area contributed by atoms with Crippen LogP contribution < -0.4 is 5.73 Å². The van der Waals surface area contributed by atoms with E-state index in [1.54, 1.807) is 9.80 Å². The summed E-state index contributed by atoms with van der Waals surface area (Å²) in [6.07, 6.45) is 0. The van der Waals surface area contributed by atoms with Gasteiger partial charge in [-0.15, -0.1) is 0 Å². The Hall–Kier alpha value is -0.880. The largest absolute Gasteiger partial charge is 0.392 e. The highest BCUT2D eigenvalue weighted by Gasteiger charge is 2.24. The Kier molecular flexibility index (Phi) is 4.95. The maximum atomic E-state index is 12.2. The number of urea groups is 1. The summed E-state index contributed by atoms with van der Waals surface area (Å²) >= 11 is 4.85. The number of hydrogen-bond acceptors (Lipinski definition) is 3. The Morgan fingerprint density at radius 3 is 2.50 bits per heavy atom. The topological polar surface area (TPSA) is 58.8 Å². The lowest BCUT2D eigenvalue weighted by Crippen LogP contribution is -2.52. The molecule has 1 rings (SSSR count). The number of nitrogens with two attached hydrogens (primary N) is 1. The zero-order chi connectivity index (χ0) is 12.1. The minimum atomic E-state index is -0.00824. The van der Waals surface area contributed by atoms with E-state index in [0.29, 0.717) is 37.8 Å². The van der Waals surface area contributed by atoms with Gasteiger partial charge in [-0.2, -0.15) is 0 Å². The molecule has 0 aromatic rings. The fraction of sp³-hybridized carbons (Fsp3) is 0.800. The van der Waals surface area contributed by atoms with Crippen molar-refractivity contribution in [1.82, 2.24) is 9.80 Å². The second-order valence-corrected chi connectivity index (χ2v) is 4.59. The summed E-state index contributed by atoms with van der Waals surface area (Å²) in [7, 11) is 0. The average molecular weight is 245 g/mol. The molecule has 0 aromatic carbocycles. The molecule has 0 spiro atoms. The van der Waals surface area contributed by atoms with Gasteiger partial charge in [-0.1, -0.05) is 12.2 Å². The Bertz CT molecular complexity index is 265. The molecule has 16 heavy (non-hydrogen) atoms. The summed E-state index contributed by atoms with van der Waals surface area (Å²) in [6.45, 7) is 6.73. The minimum Gasteiger partial charge on any atom is -0.392 e. The third-order valence-corrected chi connectivity index (χ3v) is 2.61. The fourth-order valence-electron chi connectivity index (χ4n) is 1.58. The van der Waals surface area contributed by atoms with Crippen LogP contribution in [0, 0.1) is 0 Å². The Morgan fingerprint density at radius 1 is 1.50 bits per heavy atom. The number of ether oxygens (including phenoxy) is 1. The van der Waals surface area contributed by atoms with Crippen LogP contribution in [0.3, 0.4) is 0 Å². The maximum absolute atomic E-state index is 12.2. The van der Waals surface area contributed by atoms with Crippen LogP contribution in [-0.2, 0) is 4.74 Å². The van der Waals surface area contributed by atoms with Gasteiger partial charge in [0.25, 0.3) is 0 Å². The average Bonchev–Trinajstić information content (AvgIpc) is 2.25. The molecule has 1 aliphatic heterocycles. The highest BCUT2D eigenvalue weighted by atomic mass is 32.1. The van der Waals surface area contributed by atoms with Crippen molar-refractivity contribution in [2.24, 2.45) is 5.73 Å². The summed E-state index contributed by atoms with van der Waals surface area (Å²) in [5.74, 6) is 0. The first-order valence-electron chi connectivity index (χ1n) is 5.44. The van der Waals surface area contributed by atoms with Crippen molar-refractivity contribution in [3.63, 3.8) is 0 Å². The first-order chi connectivity index (χ1) is 7.52. The van der Waals surface area contributed by atoms with Gasteiger partial charge in [0.2, 0.25) is 0 Å². The normalized spacial score (nSPS) is 16.3. The van der Waals surface area contributed by atoms with Crippen molar-refractivity contribution < 1.29 is 9.53 Å². The monoisotopic (exact) mass is 245 g/mol. The number of amides is 2. The van der Waals surface area contributed by atoms with Crippen molar-refractivity contribution in [3.05, 3.63) is 0 Å². The van der Waals surface area contributed by atoms with Crippen LogP contribution in [0.15, 0.2) is 0 Å². The number of hydrogen-bond donors (Lipinski definition) is 1. The van der Waals surface area contributed by atoms with Crippen molar-refractivity contribution in [1.29, 1.82) is 0 Å². The third kappa shape index (κ3) is 3.61. The summed E-state index contributed by atoms with van der Waals surface area (Å²) in [6, 6.07) is 0.0861. The van der Waals surface area contributed by atoms with Gasteiger partial charge in [-0.25, -0.2) is 4.79 Å². The molecular weight excluding hydrogens is 226 g/mol. The molecule has 1 aliphatic rings. The second kappa shape index (κ2) is 6.00. The van der Waals surface area contributed by atoms with Crippen LogP contribution in [0.1, 0.15) is 13.8 Å². The standard InChI is InChI=1S/C10H19N3O2S/c1-8(2)13(7-9(11)16)10(14)12-3-5-15-6-4-12/h8H,3-7H2,1-2H3,(H2,11,16). The van der Waals surface area contributed by atoms with Crippen LogP contribution in [0.25, 0.3) is 0 Å². The van der Waals surface area contributed by atoms with Crippen molar-refractivity contribution in [3.8, 4) is 0 Å². The zero-order valence-electron chi connectivity index (χ0n) is 9.81. The van der Waals surface area contributed by atoms with E-state index in [9.17, 15) is 4.79 Å². The van der Waals surface area contributed by atoms with Gasteiger partial charge >= 0.3 is 6.03 Å². The summed E-state index contributed by atoms with van der Waals surface area (Å²) in [4.78, 5) is 16.0. The molecule has 0 radical (unpaired) electrons. The predicted octanol–water partition coefficient (Wildman–Crippen LogP) is 0.435. The number of carbonyl (C=O) groups is 1. The van der Waals surface area contributed by atoms with Crippen molar-refractivity contribution in [2.75, 3.05) is 32.8 Å². The van der Waals surface area contributed by atoms with Crippen LogP contribution in [-0.4, -0.2) is 59.7 Å². The van der Waals surface area contributed by atoms with Crippen LogP contribution in [0.4, 0.5) is 4.79 Å². The molecule has 0 bridgehead atoms. The highest BCUT2D eigenvalue weighted by molar-refractivity contribution is 7.80. The molecule has 0 unspecified atom stereocenters. The van der Waals surface area contributed by atoms with Gasteiger partial charge in [0.15, 0.2) is 0 Å². The van der Waals surface area contributed by atoms with Gasteiger partial charge < -0.3 is 20.3 Å². The number of carbonyl (C=O) groups excluding carboxylic acids is 1. The van der Waals surface area contributed by atoms with E-state index in [1.807, 2.05) is 13.8 Å². The summed E-state index contributed by atoms with van der Waals surface area (Å²) < 4.78 is 5.21. The number of morpholine rings is 1. The SMILES string of the molecule is CC(C)N(CC(N)=S)C(=O)N1CCOCC1. The Balaban J connectivity index is 2.61. The first kappa shape index (κ1) is 13.2. The van der Waals surface area contributed by atoms with Gasteiger partial charge in [0.05, 0.1) is 24.7 Å². The van der Waals surface area contributed by atoms with Gasteiger partial charge in [0, 0.05) is 19.1 Å². The van der Waals surface area contributed by atoms with E-state index >= 15 is 0 Å². The Morgan fingerprint density at radius 2 is 2.06 bits per heavy atom. The summed E-state index contributed by atoms with van der Waals surface area (Å²) in [5, 5.41) is 0. The van der Waals surface area contributed by atoms with Crippen LogP contribution >= 0.6 is 12.2 Å². The van der Waals surface area contributed by atoms with Crippen LogP contribution in [0.2, 0.25) is 0 Å². The number of nitrogens with zero attached hydrogens (tertiary/aromatic N) is 2. The van der Waals surface area contributed by atoms with E-state index < -0.39 is 0 Å². The van der Waals surface area contributed by atoms with Gasteiger partial charge in [0.1, 0.15) is 0 Å². The molecule has 1 heterocycles. The predicted molar refractivity (Wildman–Crippen MR) is 66.4 cm³/mol. The highest BCUT2D eigenvalue weighted by Crippen LogP contribution is 2.07. The van der Waals surface area contributed by atoms with E-state index in [4.69, 9.17) is 22.7 Å². The zero-order valence-corrected chi connectivity index (χ0v) is 10.6. The molecule has 1 saturated heterocycles. The number of thiocarbonyl (C=S) groups is 1. The molecule has 0 saturated carbocycles. The molecule has 1 fully saturated rings. The van der Waals surface area contributed by atoms with E-state index in [2.05, 4.69) is 0 Å². The molecule has 0 aliphatic carbocycles. The third-order valence-electron chi connectivity index (χ3n) is 2.48. The number of rotatable bonds is 3. The smallest absolute Gasteiger partial charge is 0.320 e. The van der Waals surface area contributed by atoms with Crippen molar-refractivity contribution in [2.45, 2.75) is 19.9 Å². The second-order valence-electron chi connectivity index (χ2n) is 4.07. The lowest BCUT2D eigenvalue weighted by Gasteiger charge is -2.34. The lowest BCUT2D eigenvalue weighted by molar-refractivity contribution is 0.0422. The van der Waals surface area contributed by atoms with E-state index in [1.165, 1.54) is 0 Å².